The Labute approximate surface area is 131 Å². The normalized spacial score (nSPS) is 21.9. The number of aromatic nitrogens is 2. The van der Waals surface area contributed by atoms with Crippen molar-refractivity contribution < 1.29 is 4.52 Å². The average molecular weight is 300 g/mol. The van der Waals surface area contributed by atoms with E-state index in [2.05, 4.69) is 47.9 Å². The first-order valence-corrected chi connectivity index (χ1v) is 7.81. The van der Waals surface area contributed by atoms with Crippen LogP contribution in [0, 0.1) is 12.3 Å². The van der Waals surface area contributed by atoms with E-state index in [1.54, 1.807) is 0 Å². The molecular weight excluding hydrogens is 276 g/mol. The zero-order valence-corrected chi connectivity index (χ0v) is 13.5. The predicted octanol–water partition coefficient (Wildman–Crippen LogP) is 2.60. The summed E-state index contributed by atoms with van der Waals surface area (Å²) < 4.78 is 5.42. The van der Waals surface area contributed by atoms with Gasteiger partial charge >= 0.3 is 0 Å². The molecule has 118 valence electrons. The average Bonchev–Trinajstić information content (AvgIpc) is 2.91. The molecule has 1 aliphatic rings. The van der Waals surface area contributed by atoms with Crippen LogP contribution in [-0.2, 0) is 6.54 Å². The maximum Gasteiger partial charge on any atom is 0.241 e. The molecule has 0 amide bonds. The van der Waals surface area contributed by atoms with Gasteiger partial charge in [-0.05, 0) is 24.8 Å². The van der Waals surface area contributed by atoms with Crippen LogP contribution in [0.3, 0.4) is 0 Å². The lowest BCUT2D eigenvalue weighted by atomic mass is 9.80. The molecular formula is C17H24N4O. The van der Waals surface area contributed by atoms with Crippen LogP contribution in [0.1, 0.15) is 31.7 Å². The minimum absolute atomic E-state index is 0.123. The summed E-state index contributed by atoms with van der Waals surface area (Å²) in [6, 6.07) is 8.40. The van der Waals surface area contributed by atoms with Gasteiger partial charge in [0.1, 0.15) is 0 Å². The first kappa shape index (κ1) is 15.2. The molecule has 1 aliphatic heterocycles. The molecule has 3 rings (SSSR count). The van der Waals surface area contributed by atoms with Crippen LogP contribution in [0.15, 0.2) is 28.8 Å². The molecule has 5 nitrogen and oxygen atoms in total. The summed E-state index contributed by atoms with van der Waals surface area (Å²) in [6.45, 7) is 9.12. The molecule has 1 saturated heterocycles. The molecule has 2 N–H and O–H groups in total. The maximum absolute atomic E-state index is 6.18. The van der Waals surface area contributed by atoms with Crippen molar-refractivity contribution in [2.24, 2.45) is 11.1 Å². The van der Waals surface area contributed by atoms with E-state index in [4.69, 9.17) is 10.3 Å². The van der Waals surface area contributed by atoms with Crippen LogP contribution in [-0.4, -0.2) is 34.2 Å². The topological polar surface area (TPSA) is 68.2 Å². The number of likely N-dealkylation sites (tertiary alicyclic amines) is 1. The van der Waals surface area contributed by atoms with Crippen molar-refractivity contribution in [1.82, 2.24) is 15.0 Å². The third kappa shape index (κ3) is 3.20. The lowest BCUT2D eigenvalue weighted by molar-refractivity contribution is 0.0811. The monoisotopic (exact) mass is 300 g/mol. The van der Waals surface area contributed by atoms with Crippen molar-refractivity contribution in [3.05, 3.63) is 35.7 Å². The second-order valence-electron chi connectivity index (χ2n) is 6.98. The third-order valence-electron chi connectivity index (χ3n) is 4.49. The zero-order chi connectivity index (χ0) is 15.7. The van der Waals surface area contributed by atoms with Gasteiger partial charge in [0, 0.05) is 24.7 Å². The summed E-state index contributed by atoms with van der Waals surface area (Å²) in [6.07, 6.45) is 1.01. The van der Waals surface area contributed by atoms with Crippen LogP contribution < -0.4 is 5.73 Å². The molecule has 1 fully saturated rings. The minimum atomic E-state index is 0.123. The van der Waals surface area contributed by atoms with Gasteiger partial charge in [-0.15, -0.1) is 0 Å². The summed E-state index contributed by atoms with van der Waals surface area (Å²) in [4.78, 5) is 6.88. The van der Waals surface area contributed by atoms with Crippen molar-refractivity contribution in [1.29, 1.82) is 0 Å². The molecule has 1 atom stereocenters. The second kappa shape index (κ2) is 5.82. The third-order valence-corrected chi connectivity index (χ3v) is 4.49. The predicted molar refractivity (Wildman–Crippen MR) is 86.1 cm³/mol. The van der Waals surface area contributed by atoms with E-state index < -0.39 is 0 Å². The summed E-state index contributed by atoms with van der Waals surface area (Å²) in [7, 11) is 0. The fourth-order valence-corrected chi connectivity index (χ4v) is 3.03. The van der Waals surface area contributed by atoms with Gasteiger partial charge in [-0.2, -0.15) is 4.98 Å². The van der Waals surface area contributed by atoms with E-state index in [1.807, 2.05) is 12.1 Å². The molecule has 1 unspecified atom stereocenters. The zero-order valence-electron chi connectivity index (χ0n) is 13.5. The van der Waals surface area contributed by atoms with Crippen molar-refractivity contribution in [2.45, 2.75) is 39.8 Å². The van der Waals surface area contributed by atoms with E-state index in [9.17, 15) is 0 Å². The van der Waals surface area contributed by atoms with Gasteiger partial charge < -0.3 is 10.3 Å². The number of aryl methyl sites for hydroxylation is 1. The van der Waals surface area contributed by atoms with Crippen molar-refractivity contribution >= 4 is 0 Å². The lowest BCUT2D eigenvalue weighted by Gasteiger charge is -2.42. The molecule has 1 aromatic carbocycles. The van der Waals surface area contributed by atoms with Gasteiger partial charge in [0.2, 0.25) is 11.7 Å². The largest absolute Gasteiger partial charge is 0.338 e. The summed E-state index contributed by atoms with van der Waals surface area (Å²) in [5.41, 5.74) is 8.49. The Balaban J connectivity index is 1.70. The highest BCUT2D eigenvalue weighted by atomic mass is 16.5. The minimum Gasteiger partial charge on any atom is -0.338 e. The molecule has 2 aromatic rings. The van der Waals surface area contributed by atoms with E-state index >= 15 is 0 Å². The van der Waals surface area contributed by atoms with Crippen LogP contribution in [0.2, 0.25) is 0 Å². The van der Waals surface area contributed by atoms with Crippen LogP contribution in [0.4, 0.5) is 0 Å². The van der Waals surface area contributed by atoms with Gasteiger partial charge in [-0.3, -0.25) is 4.90 Å². The molecule has 0 spiro atoms. The number of benzene rings is 1. The summed E-state index contributed by atoms with van der Waals surface area (Å²) in [5.74, 6) is 1.33. The first-order valence-electron chi connectivity index (χ1n) is 7.81. The number of hydrogen-bond donors (Lipinski definition) is 1. The Kier molecular flexibility index (Phi) is 4.02. The second-order valence-corrected chi connectivity index (χ2v) is 6.98. The number of piperidine rings is 1. The molecule has 0 radical (unpaired) electrons. The Bertz CT molecular complexity index is 650. The molecule has 22 heavy (non-hydrogen) atoms. The molecule has 5 heteroatoms. The molecule has 2 heterocycles. The van der Waals surface area contributed by atoms with Crippen molar-refractivity contribution in [3.8, 4) is 11.4 Å². The molecule has 0 saturated carbocycles. The van der Waals surface area contributed by atoms with Gasteiger partial charge in [-0.25, -0.2) is 0 Å². The van der Waals surface area contributed by atoms with Crippen molar-refractivity contribution in [2.75, 3.05) is 13.1 Å². The van der Waals surface area contributed by atoms with Crippen LogP contribution >= 0.6 is 0 Å². The molecule has 0 bridgehead atoms. The summed E-state index contributed by atoms with van der Waals surface area (Å²) >= 11 is 0. The van der Waals surface area contributed by atoms with Gasteiger partial charge in [0.15, 0.2) is 0 Å². The van der Waals surface area contributed by atoms with E-state index in [1.165, 1.54) is 5.56 Å². The Hall–Kier alpha value is -1.72. The smallest absolute Gasteiger partial charge is 0.241 e. The standard InChI is InChI=1S/C17H24N4O/c1-12-5-4-6-13(9-12)16-19-15(22-20-16)10-21-8-7-14(18)17(2,3)11-21/h4-6,9,14H,7-8,10-11,18H2,1-3H3. The Morgan fingerprint density at radius 3 is 2.95 bits per heavy atom. The van der Waals surface area contributed by atoms with E-state index in [0.29, 0.717) is 18.3 Å². The number of rotatable bonds is 3. The lowest BCUT2D eigenvalue weighted by Crippen LogP contribution is -2.52. The van der Waals surface area contributed by atoms with Gasteiger partial charge in [-0.1, -0.05) is 42.8 Å². The Morgan fingerprint density at radius 2 is 2.23 bits per heavy atom. The van der Waals surface area contributed by atoms with Crippen molar-refractivity contribution in [3.63, 3.8) is 0 Å². The fourth-order valence-electron chi connectivity index (χ4n) is 3.03. The van der Waals surface area contributed by atoms with Crippen LogP contribution in [0.5, 0.6) is 0 Å². The quantitative estimate of drug-likeness (QED) is 0.943. The maximum atomic E-state index is 6.18. The SMILES string of the molecule is Cc1cccc(-c2noc(CN3CCC(N)C(C)(C)C3)n2)c1. The number of hydrogen-bond acceptors (Lipinski definition) is 5. The number of nitrogens with zero attached hydrogens (tertiary/aromatic N) is 3. The van der Waals surface area contributed by atoms with Crippen LogP contribution in [0.25, 0.3) is 11.4 Å². The highest BCUT2D eigenvalue weighted by Gasteiger charge is 2.33. The molecule has 0 aliphatic carbocycles. The van der Waals surface area contributed by atoms with E-state index in [-0.39, 0.29) is 11.5 Å². The highest BCUT2D eigenvalue weighted by molar-refractivity contribution is 5.55. The van der Waals surface area contributed by atoms with Gasteiger partial charge in [0.05, 0.1) is 6.54 Å². The Morgan fingerprint density at radius 1 is 1.41 bits per heavy atom. The summed E-state index contributed by atoms with van der Waals surface area (Å²) in [5, 5.41) is 4.11. The van der Waals surface area contributed by atoms with E-state index in [0.717, 1.165) is 25.1 Å². The highest BCUT2D eigenvalue weighted by Crippen LogP contribution is 2.28. The van der Waals surface area contributed by atoms with Gasteiger partial charge in [0.25, 0.3) is 0 Å². The first-order chi connectivity index (χ1) is 10.4. The molecule has 1 aromatic heterocycles. The number of nitrogens with two attached hydrogens (primary N) is 1. The fraction of sp³-hybridized carbons (Fsp3) is 0.529.